The van der Waals surface area contributed by atoms with Crippen molar-refractivity contribution in [1.82, 2.24) is 9.88 Å². The second-order valence-corrected chi connectivity index (χ2v) is 2.79. The summed E-state index contributed by atoms with van der Waals surface area (Å²) in [4.78, 5) is 26.2. The van der Waals surface area contributed by atoms with E-state index in [1.54, 1.807) is 7.05 Å². The number of hydrogen-bond acceptors (Lipinski definition) is 2. The summed E-state index contributed by atoms with van der Waals surface area (Å²) < 4.78 is 0. The quantitative estimate of drug-likeness (QED) is 0.671. The van der Waals surface area contributed by atoms with E-state index in [4.69, 9.17) is 6.42 Å². The van der Waals surface area contributed by atoms with Crippen molar-refractivity contribution in [2.45, 2.75) is 0 Å². The number of terminal acetylenes is 1. The summed E-state index contributed by atoms with van der Waals surface area (Å²) in [5.74, 6) is 2.05. The average Bonchev–Trinajstić information content (AvgIpc) is 2.17. The molecule has 1 aromatic rings. The first-order chi connectivity index (χ1) is 6.65. The first-order valence-corrected chi connectivity index (χ1v) is 4.03. The van der Waals surface area contributed by atoms with Crippen LogP contribution in [0.5, 0.6) is 0 Å². The minimum atomic E-state index is -0.301. The van der Waals surface area contributed by atoms with Crippen molar-refractivity contribution in [1.29, 1.82) is 0 Å². The van der Waals surface area contributed by atoms with Crippen LogP contribution in [0.15, 0.2) is 23.0 Å². The summed E-state index contributed by atoms with van der Waals surface area (Å²) >= 11 is 0. The predicted octanol–water partition coefficient (Wildman–Crippen LogP) is 0.0801. The highest BCUT2D eigenvalue weighted by Gasteiger charge is 2.10. The Morgan fingerprint density at radius 3 is 2.93 bits per heavy atom. The fourth-order valence-electron chi connectivity index (χ4n) is 0.987. The van der Waals surface area contributed by atoms with Gasteiger partial charge in [0, 0.05) is 13.1 Å². The van der Waals surface area contributed by atoms with Crippen LogP contribution in [-0.2, 0) is 0 Å². The number of nitrogens with one attached hydrogen (secondary N) is 1. The molecule has 0 bridgehead atoms. The monoisotopic (exact) mass is 190 g/mol. The van der Waals surface area contributed by atoms with Gasteiger partial charge in [0.1, 0.15) is 5.69 Å². The van der Waals surface area contributed by atoms with Gasteiger partial charge in [0.05, 0.1) is 6.54 Å². The molecule has 4 heteroatoms. The van der Waals surface area contributed by atoms with Crippen molar-refractivity contribution in [2.24, 2.45) is 0 Å². The standard InChI is InChI=1S/C10H10N2O2/c1-3-7-12(2)10(14)8-5-4-6-9(13)11-8/h1,4-6H,7H2,2H3,(H,11,13). The maximum absolute atomic E-state index is 11.5. The molecule has 0 fully saturated rings. The number of aromatic amines is 1. The summed E-state index contributed by atoms with van der Waals surface area (Å²) in [6.07, 6.45) is 5.06. The average molecular weight is 190 g/mol. The minimum absolute atomic E-state index is 0.218. The van der Waals surface area contributed by atoms with E-state index in [1.165, 1.54) is 23.1 Å². The zero-order chi connectivity index (χ0) is 10.6. The maximum atomic E-state index is 11.5. The molecule has 0 aromatic carbocycles. The van der Waals surface area contributed by atoms with Crippen LogP contribution < -0.4 is 5.56 Å². The fourth-order valence-corrected chi connectivity index (χ4v) is 0.987. The second-order valence-electron chi connectivity index (χ2n) is 2.79. The zero-order valence-electron chi connectivity index (χ0n) is 7.78. The third-order valence-electron chi connectivity index (χ3n) is 1.67. The fraction of sp³-hybridized carbons (Fsp3) is 0.200. The van der Waals surface area contributed by atoms with E-state index in [2.05, 4.69) is 10.9 Å². The van der Waals surface area contributed by atoms with Crippen LogP contribution >= 0.6 is 0 Å². The molecule has 14 heavy (non-hydrogen) atoms. The number of pyridine rings is 1. The van der Waals surface area contributed by atoms with Crippen LogP contribution in [0.1, 0.15) is 10.5 Å². The van der Waals surface area contributed by atoms with Crippen LogP contribution in [-0.4, -0.2) is 29.4 Å². The van der Waals surface area contributed by atoms with E-state index in [9.17, 15) is 9.59 Å². The third-order valence-corrected chi connectivity index (χ3v) is 1.67. The van der Waals surface area contributed by atoms with Gasteiger partial charge in [-0.1, -0.05) is 12.0 Å². The first kappa shape index (κ1) is 10.1. The highest BCUT2D eigenvalue weighted by molar-refractivity contribution is 5.92. The smallest absolute Gasteiger partial charge is 0.270 e. The van der Waals surface area contributed by atoms with Crippen molar-refractivity contribution in [3.63, 3.8) is 0 Å². The van der Waals surface area contributed by atoms with Gasteiger partial charge in [0.25, 0.3) is 5.91 Å². The van der Waals surface area contributed by atoms with Crippen LogP contribution in [0.25, 0.3) is 0 Å². The van der Waals surface area contributed by atoms with Gasteiger partial charge in [0.15, 0.2) is 0 Å². The SMILES string of the molecule is C#CCN(C)C(=O)c1cccc(=O)[nH]1. The molecule has 0 radical (unpaired) electrons. The lowest BCUT2D eigenvalue weighted by Crippen LogP contribution is -2.29. The number of amides is 1. The van der Waals surface area contributed by atoms with Crippen LogP contribution in [0, 0.1) is 12.3 Å². The number of carbonyl (C=O) groups excluding carboxylic acids is 1. The van der Waals surface area contributed by atoms with E-state index in [1.807, 2.05) is 0 Å². The van der Waals surface area contributed by atoms with Crippen LogP contribution in [0.3, 0.4) is 0 Å². The highest BCUT2D eigenvalue weighted by Crippen LogP contribution is 1.96. The Balaban J connectivity index is 2.91. The molecule has 1 heterocycles. The van der Waals surface area contributed by atoms with Crippen molar-refractivity contribution < 1.29 is 4.79 Å². The van der Waals surface area contributed by atoms with E-state index < -0.39 is 0 Å². The number of carbonyl (C=O) groups is 1. The number of rotatable bonds is 2. The molecule has 0 aliphatic heterocycles. The molecule has 4 nitrogen and oxygen atoms in total. The van der Waals surface area contributed by atoms with Gasteiger partial charge in [-0.3, -0.25) is 9.59 Å². The number of H-pyrrole nitrogens is 1. The van der Waals surface area contributed by atoms with Gasteiger partial charge in [-0.05, 0) is 6.07 Å². The molecule has 1 N–H and O–H groups in total. The van der Waals surface area contributed by atoms with E-state index in [0.29, 0.717) is 0 Å². The van der Waals surface area contributed by atoms with Crippen LogP contribution in [0.4, 0.5) is 0 Å². The molecule has 0 saturated heterocycles. The van der Waals surface area contributed by atoms with Gasteiger partial charge >= 0.3 is 0 Å². The lowest BCUT2D eigenvalue weighted by Gasteiger charge is -2.12. The second kappa shape index (κ2) is 4.28. The topological polar surface area (TPSA) is 53.2 Å². The predicted molar refractivity (Wildman–Crippen MR) is 52.9 cm³/mol. The van der Waals surface area contributed by atoms with Crippen molar-refractivity contribution in [3.05, 3.63) is 34.2 Å². The number of hydrogen-bond donors (Lipinski definition) is 1. The first-order valence-electron chi connectivity index (χ1n) is 4.03. The van der Waals surface area contributed by atoms with Gasteiger partial charge < -0.3 is 9.88 Å². The Morgan fingerprint density at radius 1 is 1.64 bits per heavy atom. The van der Waals surface area contributed by atoms with Crippen LogP contribution in [0.2, 0.25) is 0 Å². The molecule has 0 atom stereocenters. The molecule has 0 saturated carbocycles. The third kappa shape index (κ3) is 2.23. The van der Waals surface area contributed by atoms with E-state index >= 15 is 0 Å². The van der Waals surface area contributed by atoms with Gasteiger partial charge in [-0.25, -0.2) is 0 Å². The Hall–Kier alpha value is -2.02. The molecule has 1 aromatic heterocycles. The zero-order valence-corrected chi connectivity index (χ0v) is 7.78. The maximum Gasteiger partial charge on any atom is 0.270 e. The lowest BCUT2D eigenvalue weighted by atomic mass is 10.3. The Bertz CT molecular complexity index is 428. The van der Waals surface area contributed by atoms with Gasteiger partial charge in [-0.15, -0.1) is 6.42 Å². The van der Waals surface area contributed by atoms with Crippen molar-refractivity contribution in [3.8, 4) is 12.3 Å². The summed E-state index contributed by atoms with van der Waals surface area (Å²) in [7, 11) is 1.58. The van der Waals surface area contributed by atoms with E-state index in [-0.39, 0.29) is 23.7 Å². The molecule has 0 spiro atoms. The molecule has 1 amide bonds. The number of nitrogens with zero attached hydrogens (tertiary/aromatic N) is 1. The molecule has 0 aliphatic rings. The van der Waals surface area contributed by atoms with E-state index in [0.717, 1.165) is 0 Å². The molecule has 0 unspecified atom stereocenters. The summed E-state index contributed by atoms with van der Waals surface area (Å²) in [5.41, 5.74) is -0.0554. The van der Waals surface area contributed by atoms with Gasteiger partial charge in [0.2, 0.25) is 5.56 Å². The molecular formula is C10H10N2O2. The summed E-state index contributed by atoms with van der Waals surface area (Å²) in [6, 6.07) is 4.41. The Kier molecular flexibility index (Phi) is 3.08. The Labute approximate surface area is 81.6 Å². The Morgan fingerprint density at radius 2 is 2.36 bits per heavy atom. The molecule has 72 valence electrons. The lowest BCUT2D eigenvalue weighted by molar-refractivity contribution is 0.0806. The van der Waals surface area contributed by atoms with Crippen molar-refractivity contribution >= 4 is 5.91 Å². The number of aromatic nitrogens is 1. The molecule has 0 aliphatic carbocycles. The highest BCUT2D eigenvalue weighted by atomic mass is 16.2. The van der Waals surface area contributed by atoms with Gasteiger partial charge in [-0.2, -0.15) is 0 Å². The normalized spacial score (nSPS) is 9.14. The minimum Gasteiger partial charge on any atom is -0.329 e. The molecule has 1 rings (SSSR count). The molecular weight excluding hydrogens is 180 g/mol. The summed E-state index contributed by atoms with van der Waals surface area (Å²) in [6.45, 7) is 0.218. The largest absolute Gasteiger partial charge is 0.329 e. The summed E-state index contributed by atoms with van der Waals surface area (Å²) in [5, 5.41) is 0. The van der Waals surface area contributed by atoms with Crippen molar-refractivity contribution in [2.75, 3.05) is 13.6 Å².